The van der Waals surface area contributed by atoms with E-state index in [-0.39, 0.29) is 35.7 Å². The number of nitrogens with zero attached hydrogens (tertiary/aromatic N) is 1. The lowest BCUT2D eigenvalue weighted by molar-refractivity contribution is -0.510. The highest BCUT2D eigenvalue weighted by Crippen LogP contribution is 2.62. The number of hydrogen-bond acceptors (Lipinski definition) is 4. The molecule has 0 N–H and O–H groups in total. The average Bonchev–Trinajstić information content (AvgIpc) is 2.70. The van der Waals surface area contributed by atoms with Gasteiger partial charge in [0.05, 0.1) is 11.8 Å². The van der Waals surface area contributed by atoms with Gasteiger partial charge >= 0.3 is 5.97 Å². The van der Waals surface area contributed by atoms with Gasteiger partial charge < -0.3 is 4.74 Å². The molecule has 5 nitrogen and oxygen atoms in total. The number of esters is 1. The molecule has 0 aliphatic heterocycles. The molecule has 0 heterocycles. The van der Waals surface area contributed by atoms with Gasteiger partial charge in [-0.15, -0.1) is 0 Å². The highest BCUT2D eigenvalue weighted by Gasteiger charge is 2.63. The Morgan fingerprint density at radius 1 is 1.50 bits per heavy atom. The minimum Gasteiger partial charge on any atom is -0.460 e. The topological polar surface area (TPSA) is 69.4 Å². The third-order valence-corrected chi connectivity index (χ3v) is 4.74. The van der Waals surface area contributed by atoms with Crippen molar-refractivity contribution in [3.63, 3.8) is 0 Å². The minimum absolute atomic E-state index is 0.137. The Labute approximate surface area is 119 Å². The zero-order valence-electron chi connectivity index (χ0n) is 12.6. The van der Waals surface area contributed by atoms with Crippen LogP contribution in [-0.4, -0.2) is 23.0 Å². The number of allylic oxidation sites excluding steroid dienone is 2. The van der Waals surface area contributed by atoms with E-state index in [1.165, 1.54) is 0 Å². The second-order valence-corrected chi connectivity index (χ2v) is 7.13. The summed E-state index contributed by atoms with van der Waals surface area (Å²) in [5.74, 6) is 0.457. The Balaban J connectivity index is 2.15. The average molecular weight is 281 g/mol. The van der Waals surface area contributed by atoms with Crippen LogP contribution in [0.1, 0.15) is 40.5 Å². The van der Waals surface area contributed by atoms with E-state index in [0.717, 1.165) is 6.42 Å². The first-order chi connectivity index (χ1) is 9.16. The molecule has 0 saturated heterocycles. The van der Waals surface area contributed by atoms with Crippen LogP contribution in [0.2, 0.25) is 0 Å². The van der Waals surface area contributed by atoms with E-state index in [1.54, 1.807) is 0 Å². The van der Waals surface area contributed by atoms with Gasteiger partial charge in [-0.05, 0) is 44.9 Å². The van der Waals surface area contributed by atoms with E-state index in [4.69, 9.17) is 4.74 Å². The van der Waals surface area contributed by atoms with E-state index in [0.29, 0.717) is 5.92 Å². The summed E-state index contributed by atoms with van der Waals surface area (Å²) < 4.78 is 5.36. The predicted octanol–water partition coefficient (Wildman–Crippen LogP) is 2.82. The summed E-state index contributed by atoms with van der Waals surface area (Å²) in [4.78, 5) is 22.9. The predicted molar refractivity (Wildman–Crippen MR) is 74.7 cm³/mol. The third-order valence-electron chi connectivity index (χ3n) is 4.74. The smallest absolute Gasteiger partial charge is 0.307 e. The Hall–Kier alpha value is -1.39. The minimum atomic E-state index is -0.566. The van der Waals surface area contributed by atoms with Crippen LogP contribution in [0.3, 0.4) is 0 Å². The number of nitro groups is 1. The van der Waals surface area contributed by atoms with Gasteiger partial charge in [-0.2, -0.15) is 0 Å². The van der Waals surface area contributed by atoms with Gasteiger partial charge in [-0.25, -0.2) is 0 Å². The summed E-state index contributed by atoms with van der Waals surface area (Å²) in [5, 5.41) is 11.0. The molecule has 2 rings (SSSR count). The summed E-state index contributed by atoms with van der Waals surface area (Å²) in [7, 11) is 0. The lowest BCUT2D eigenvalue weighted by atomic mass is 9.47. The fourth-order valence-corrected chi connectivity index (χ4v) is 3.89. The lowest BCUT2D eigenvalue weighted by Gasteiger charge is -2.55. The highest BCUT2D eigenvalue weighted by molar-refractivity contribution is 5.71. The highest BCUT2D eigenvalue weighted by atomic mass is 16.6. The third kappa shape index (κ3) is 2.58. The molecule has 2 unspecified atom stereocenters. The van der Waals surface area contributed by atoms with E-state index < -0.39 is 11.0 Å². The molecule has 0 aromatic carbocycles. The zero-order valence-corrected chi connectivity index (χ0v) is 12.6. The standard InChI is InChI=1S/C15H23NO4/c1-10-11-6-5-7-12(11)15(10,9-16(18)19)8-13(17)20-14(2,3)4/h5,7,10-12H,6,8-9H2,1-4H3/t10?,11-,12-,15?/m1/s1. The summed E-state index contributed by atoms with van der Waals surface area (Å²) in [6, 6.07) is 0. The first-order valence-electron chi connectivity index (χ1n) is 7.16. The van der Waals surface area contributed by atoms with E-state index in [2.05, 4.69) is 12.2 Å². The van der Waals surface area contributed by atoms with E-state index >= 15 is 0 Å². The van der Waals surface area contributed by atoms with E-state index in [9.17, 15) is 14.9 Å². The molecule has 0 aromatic rings. The second kappa shape index (κ2) is 4.86. The molecule has 2 aliphatic carbocycles. The van der Waals surface area contributed by atoms with Crippen LogP contribution in [0.15, 0.2) is 12.2 Å². The van der Waals surface area contributed by atoms with Gasteiger partial charge in [0.2, 0.25) is 6.54 Å². The number of ether oxygens (including phenoxy) is 1. The van der Waals surface area contributed by atoms with Crippen LogP contribution < -0.4 is 0 Å². The molecule has 112 valence electrons. The van der Waals surface area contributed by atoms with Crippen LogP contribution in [0.5, 0.6) is 0 Å². The zero-order chi connectivity index (χ0) is 15.1. The van der Waals surface area contributed by atoms with Crippen LogP contribution in [0, 0.1) is 33.3 Å². The number of hydrogen-bond donors (Lipinski definition) is 0. The molecule has 0 aromatic heterocycles. The number of rotatable bonds is 4. The summed E-state index contributed by atoms with van der Waals surface area (Å²) in [6.45, 7) is 7.32. The summed E-state index contributed by atoms with van der Waals surface area (Å²) in [6.07, 6.45) is 5.25. The van der Waals surface area contributed by atoms with Gasteiger partial charge in [0.1, 0.15) is 5.60 Å². The molecular formula is C15H23NO4. The first-order valence-corrected chi connectivity index (χ1v) is 7.16. The monoisotopic (exact) mass is 281 g/mol. The van der Waals surface area contributed by atoms with Crippen molar-refractivity contribution in [1.82, 2.24) is 0 Å². The number of carbonyl (C=O) groups excluding carboxylic acids is 1. The van der Waals surface area contributed by atoms with Gasteiger partial charge in [0.25, 0.3) is 0 Å². The molecule has 0 radical (unpaired) electrons. The molecule has 0 spiro atoms. The fourth-order valence-electron chi connectivity index (χ4n) is 3.89. The van der Waals surface area contributed by atoms with Crippen molar-refractivity contribution in [2.45, 2.75) is 46.1 Å². The molecule has 0 bridgehead atoms. The van der Waals surface area contributed by atoms with Crippen molar-refractivity contribution >= 4 is 5.97 Å². The SMILES string of the molecule is CC1[C@H]2CC=C[C@H]2C1(CC(=O)OC(C)(C)C)C[N+](=O)[O-]. The van der Waals surface area contributed by atoms with Crippen LogP contribution in [0.4, 0.5) is 0 Å². The normalized spacial score (nSPS) is 35.3. The molecule has 1 saturated carbocycles. The Morgan fingerprint density at radius 3 is 2.70 bits per heavy atom. The van der Waals surface area contributed by atoms with Crippen LogP contribution in [-0.2, 0) is 9.53 Å². The Morgan fingerprint density at radius 2 is 2.15 bits per heavy atom. The quantitative estimate of drug-likeness (QED) is 0.344. The maximum atomic E-state index is 12.1. The van der Waals surface area contributed by atoms with Crippen molar-refractivity contribution in [3.05, 3.63) is 22.3 Å². The maximum Gasteiger partial charge on any atom is 0.307 e. The largest absolute Gasteiger partial charge is 0.460 e. The fraction of sp³-hybridized carbons (Fsp3) is 0.800. The molecule has 0 amide bonds. The van der Waals surface area contributed by atoms with Gasteiger partial charge in [-0.1, -0.05) is 19.1 Å². The molecule has 20 heavy (non-hydrogen) atoms. The molecule has 4 atom stereocenters. The van der Waals surface area contributed by atoms with Crippen LogP contribution >= 0.6 is 0 Å². The summed E-state index contributed by atoms with van der Waals surface area (Å²) >= 11 is 0. The maximum absolute atomic E-state index is 12.1. The van der Waals surface area contributed by atoms with Crippen molar-refractivity contribution in [2.24, 2.45) is 23.2 Å². The molecular weight excluding hydrogens is 258 g/mol. The molecule has 1 fully saturated rings. The first kappa shape index (κ1) is 15.0. The van der Waals surface area contributed by atoms with Crippen molar-refractivity contribution in [3.8, 4) is 0 Å². The van der Waals surface area contributed by atoms with Gasteiger partial charge in [0.15, 0.2) is 0 Å². The molecule has 2 aliphatic rings. The van der Waals surface area contributed by atoms with E-state index in [1.807, 2.05) is 27.7 Å². The van der Waals surface area contributed by atoms with Crippen molar-refractivity contribution < 1.29 is 14.5 Å². The van der Waals surface area contributed by atoms with Crippen molar-refractivity contribution in [2.75, 3.05) is 6.54 Å². The van der Waals surface area contributed by atoms with Gasteiger partial charge in [-0.3, -0.25) is 14.9 Å². The van der Waals surface area contributed by atoms with Crippen LogP contribution in [0.25, 0.3) is 0 Å². The molecule has 5 heteroatoms. The number of fused-ring (bicyclic) bond motifs is 1. The second-order valence-electron chi connectivity index (χ2n) is 7.13. The van der Waals surface area contributed by atoms with Crippen molar-refractivity contribution in [1.29, 1.82) is 0 Å². The summed E-state index contributed by atoms with van der Waals surface area (Å²) in [5.41, 5.74) is -1.12. The Kier molecular flexibility index (Phi) is 3.65. The Bertz CT molecular complexity index is 451. The lowest BCUT2D eigenvalue weighted by Crippen LogP contribution is -2.58. The van der Waals surface area contributed by atoms with Gasteiger partial charge in [0, 0.05) is 4.92 Å². The number of carbonyl (C=O) groups is 1.